The third kappa shape index (κ3) is 5.68. The normalized spacial score (nSPS) is 20.9. The molecule has 3 aliphatic heterocycles. The van der Waals surface area contributed by atoms with Crippen molar-refractivity contribution in [3.8, 4) is 0 Å². The number of imidazole rings is 1. The van der Waals surface area contributed by atoms with E-state index in [4.69, 9.17) is 24.2 Å². The summed E-state index contributed by atoms with van der Waals surface area (Å²) in [6.45, 7) is 4.05. The standard InChI is InChI=1S/C31H36N4O5/c1-38-30(36)23-10-11-25-26(18-23)35(19-24-12-17-39-24)28(32-25)20-34-15-13-31(37,14-16-34)27-8-5-9-29(33-27)40-21-22-6-3-2-4-7-22/h2-4,6-8,10-11,18,24,37H,5,9,12-17,19-21H2,1H3. The minimum Gasteiger partial charge on any atom is -0.476 e. The van der Waals surface area contributed by atoms with Crippen molar-refractivity contribution in [2.24, 2.45) is 4.99 Å². The molecule has 9 nitrogen and oxygen atoms in total. The molecule has 1 aromatic heterocycles. The van der Waals surface area contributed by atoms with Gasteiger partial charge in [0.1, 0.15) is 18.0 Å². The summed E-state index contributed by atoms with van der Waals surface area (Å²) in [4.78, 5) is 24.2. The molecular formula is C31H36N4O5. The second-order valence-electron chi connectivity index (χ2n) is 10.8. The number of ether oxygens (including phenoxy) is 3. The van der Waals surface area contributed by atoms with E-state index >= 15 is 0 Å². The molecule has 0 radical (unpaired) electrons. The van der Waals surface area contributed by atoms with Crippen LogP contribution in [0.5, 0.6) is 0 Å². The Morgan fingerprint density at radius 3 is 2.70 bits per heavy atom. The van der Waals surface area contributed by atoms with Crippen LogP contribution in [-0.2, 0) is 33.9 Å². The summed E-state index contributed by atoms with van der Waals surface area (Å²) in [5, 5.41) is 11.6. The monoisotopic (exact) mass is 544 g/mol. The third-order valence-corrected chi connectivity index (χ3v) is 8.14. The summed E-state index contributed by atoms with van der Waals surface area (Å²) >= 11 is 0. The van der Waals surface area contributed by atoms with Crippen molar-refractivity contribution in [3.05, 3.63) is 77.3 Å². The number of hydrogen-bond acceptors (Lipinski definition) is 8. The summed E-state index contributed by atoms with van der Waals surface area (Å²) in [7, 11) is 1.39. The number of carbonyl (C=O) groups excluding carboxylic acids is 1. The number of esters is 1. The van der Waals surface area contributed by atoms with Gasteiger partial charge in [-0.05, 0) is 49.4 Å². The van der Waals surface area contributed by atoms with Crippen molar-refractivity contribution in [2.45, 2.75) is 63.5 Å². The molecule has 1 unspecified atom stereocenters. The van der Waals surface area contributed by atoms with Crippen molar-refractivity contribution >= 4 is 22.9 Å². The van der Waals surface area contributed by atoms with Crippen LogP contribution in [0.15, 0.2) is 65.3 Å². The van der Waals surface area contributed by atoms with Gasteiger partial charge in [0.2, 0.25) is 0 Å². The van der Waals surface area contributed by atoms with Crippen LogP contribution in [0.1, 0.15) is 53.8 Å². The highest BCUT2D eigenvalue weighted by molar-refractivity contribution is 5.93. The molecule has 3 aliphatic rings. The number of carbonyl (C=O) groups is 1. The molecule has 210 valence electrons. The van der Waals surface area contributed by atoms with Crippen molar-refractivity contribution in [1.29, 1.82) is 0 Å². The summed E-state index contributed by atoms with van der Waals surface area (Å²) < 4.78 is 18.8. The Balaban J connectivity index is 1.13. The smallest absolute Gasteiger partial charge is 0.337 e. The molecule has 9 heteroatoms. The van der Waals surface area contributed by atoms with Crippen LogP contribution < -0.4 is 0 Å². The fraction of sp³-hybridized carbons (Fsp3) is 0.452. The van der Waals surface area contributed by atoms with Crippen LogP contribution in [0.3, 0.4) is 0 Å². The van der Waals surface area contributed by atoms with E-state index in [1.165, 1.54) is 7.11 Å². The number of methoxy groups -OCH3 is 1. The van der Waals surface area contributed by atoms with Crippen LogP contribution >= 0.6 is 0 Å². The number of nitrogens with zero attached hydrogens (tertiary/aromatic N) is 4. The first-order valence-electron chi connectivity index (χ1n) is 14.1. The average molecular weight is 545 g/mol. The zero-order valence-corrected chi connectivity index (χ0v) is 22.9. The van der Waals surface area contributed by atoms with E-state index in [-0.39, 0.29) is 12.1 Å². The van der Waals surface area contributed by atoms with E-state index in [0.29, 0.717) is 44.0 Å². The number of benzene rings is 2. The Hall–Kier alpha value is -3.53. The van der Waals surface area contributed by atoms with E-state index in [1.807, 2.05) is 42.5 Å². The van der Waals surface area contributed by atoms with Crippen LogP contribution in [0.4, 0.5) is 0 Å². The topological polar surface area (TPSA) is 98.4 Å². The lowest BCUT2D eigenvalue weighted by Gasteiger charge is -2.39. The fourth-order valence-electron chi connectivity index (χ4n) is 5.62. The van der Waals surface area contributed by atoms with Gasteiger partial charge in [-0.25, -0.2) is 14.8 Å². The van der Waals surface area contributed by atoms with Crippen LogP contribution in [0.25, 0.3) is 11.0 Å². The molecule has 4 heterocycles. The van der Waals surface area contributed by atoms with Gasteiger partial charge in [-0.3, -0.25) is 4.90 Å². The molecule has 0 amide bonds. The highest BCUT2D eigenvalue weighted by Gasteiger charge is 2.37. The largest absolute Gasteiger partial charge is 0.476 e. The fourth-order valence-corrected chi connectivity index (χ4v) is 5.62. The Morgan fingerprint density at radius 1 is 1.18 bits per heavy atom. The maximum Gasteiger partial charge on any atom is 0.337 e. The lowest BCUT2D eigenvalue weighted by atomic mass is 9.87. The second-order valence-corrected chi connectivity index (χ2v) is 10.8. The quantitative estimate of drug-likeness (QED) is 0.424. The number of hydrogen-bond donors (Lipinski definition) is 1. The van der Waals surface area contributed by atoms with E-state index in [2.05, 4.69) is 15.5 Å². The van der Waals surface area contributed by atoms with E-state index in [0.717, 1.165) is 67.1 Å². The maximum atomic E-state index is 12.2. The molecule has 0 aliphatic carbocycles. The molecule has 0 bridgehead atoms. The van der Waals surface area contributed by atoms with Gasteiger partial charge in [-0.1, -0.05) is 36.4 Å². The lowest BCUT2D eigenvalue weighted by molar-refractivity contribution is -0.0593. The first-order chi connectivity index (χ1) is 19.5. The predicted octanol–water partition coefficient (Wildman–Crippen LogP) is 4.23. The minimum absolute atomic E-state index is 0.152. The number of piperidine rings is 1. The molecule has 40 heavy (non-hydrogen) atoms. The average Bonchev–Trinajstić information content (AvgIpc) is 3.31. The van der Waals surface area contributed by atoms with Gasteiger partial charge >= 0.3 is 5.97 Å². The Bertz CT molecular complexity index is 1420. The zero-order chi connectivity index (χ0) is 27.5. The number of rotatable bonds is 8. The molecule has 6 rings (SSSR count). The summed E-state index contributed by atoms with van der Waals surface area (Å²) in [6, 6.07) is 15.6. The molecule has 3 aromatic rings. The van der Waals surface area contributed by atoms with Crippen molar-refractivity contribution in [3.63, 3.8) is 0 Å². The third-order valence-electron chi connectivity index (χ3n) is 8.14. The van der Waals surface area contributed by atoms with E-state index < -0.39 is 5.60 Å². The van der Waals surface area contributed by atoms with Gasteiger partial charge in [0.05, 0.1) is 48.6 Å². The van der Waals surface area contributed by atoms with Gasteiger partial charge in [-0.2, -0.15) is 0 Å². The van der Waals surface area contributed by atoms with E-state index in [9.17, 15) is 9.90 Å². The minimum atomic E-state index is -0.965. The predicted molar refractivity (Wildman–Crippen MR) is 151 cm³/mol. The SMILES string of the molecule is COC(=O)c1ccc2nc(CN3CCC(O)(C4=CCCC(OCc5ccccc5)=N4)CC3)n(CC3CCO3)c2c1. The van der Waals surface area contributed by atoms with Crippen LogP contribution in [-0.4, -0.2) is 69.9 Å². The molecule has 2 fully saturated rings. The summed E-state index contributed by atoms with van der Waals surface area (Å²) in [5.74, 6) is 1.26. The molecule has 2 saturated heterocycles. The highest BCUT2D eigenvalue weighted by Crippen LogP contribution is 2.34. The maximum absolute atomic E-state index is 12.2. The molecule has 0 spiro atoms. The van der Waals surface area contributed by atoms with Crippen LogP contribution in [0, 0.1) is 0 Å². The number of fused-ring (bicyclic) bond motifs is 1. The Labute approximate surface area is 234 Å². The van der Waals surface area contributed by atoms with Gasteiger partial charge in [0.25, 0.3) is 0 Å². The lowest BCUT2D eigenvalue weighted by Crippen LogP contribution is -2.45. The number of aromatic nitrogens is 2. The summed E-state index contributed by atoms with van der Waals surface area (Å²) in [6.07, 6.45) is 5.96. The number of allylic oxidation sites excluding steroid dienone is 1. The molecule has 2 aromatic carbocycles. The molecular weight excluding hydrogens is 508 g/mol. The van der Waals surface area contributed by atoms with Gasteiger partial charge < -0.3 is 23.9 Å². The van der Waals surface area contributed by atoms with Crippen molar-refractivity contribution in [2.75, 3.05) is 26.8 Å². The number of likely N-dealkylation sites (tertiary alicyclic amines) is 1. The van der Waals surface area contributed by atoms with Crippen molar-refractivity contribution < 1.29 is 24.1 Å². The Morgan fingerprint density at radius 2 is 1.98 bits per heavy atom. The number of aliphatic hydroxyl groups is 1. The Kier molecular flexibility index (Phi) is 7.69. The molecule has 0 saturated carbocycles. The first-order valence-corrected chi connectivity index (χ1v) is 14.1. The van der Waals surface area contributed by atoms with E-state index in [1.54, 1.807) is 6.07 Å². The van der Waals surface area contributed by atoms with Gasteiger partial charge in [0.15, 0.2) is 5.90 Å². The van der Waals surface area contributed by atoms with Crippen LogP contribution in [0.2, 0.25) is 0 Å². The number of aliphatic imine (C=N–C) groups is 1. The highest BCUT2D eigenvalue weighted by atomic mass is 16.5. The zero-order valence-electron chi connectivity index (χ0n) is 22.9. The van der Waals surface area contributed by atoms with Gasteiger partial charge in [0, 0.05) is 26.1 Å². The summed E-state index contributed by atoms with van der Waals surface area (Å²) in [5.41, 5.74) is 3.13. The molecule has 1 atom stereocenters. The first kappa shape index (κ1) is 26.7. The molecule has 1 N–H and O–H groups in total. The van der Waals surface area contributed by atoms with Gasteiger partial charge in [-0.15, -0.1) is 0 Å². The van der Waals surface area contributed by atoms with Crippen molar-refractivity contribution in [1.82, 2.24) is 14.5 Å². The second kappa shape index (κ2) is 11.5.